The van der Waals surface area contributed by atoms with Gasteiger partial charge in [-0.2, -0.15) is 8.42 Å². The summed E-state index contributed by atoms with van der Waals surface area (Å²) in [6, 6.07) is 0. The summed E-state index contributed by atoms with van der Waals surface area (Å²) in [5, 5.41) is 66.6. The van der Waals surface area contributed by atoms with E-state index in [1.165, 1.54) is 0 Å². The molecule has 0 amide bonds. The molecule has 12 heteroatoms. The monoisotopic (exact) mass is 375 g/mol. The van der Waals surface area contributed by atoms with Crippen LogP contribution in [0, 0.1) is 11.8 Å². The lowest BCUT2D eigenvalue weighted by molar-refractivity contribution is -0.106. The van der Waals surface area contributed by atoms with Crippen molar-refractivity contribution in [1.29, 1.82) is 0 Å². The van der Waals surface area contributed by atoms with Crippen LogP contribution < -0.4 is 0 Å². The molecule has 0 spiro atoms. The molecule has 0 aromatic carbocycles. The van der Waals surface area contributed by atoms with Crippen LogP contribution in [0.25, 0.3) is 0 Å². The van der Waals surface area contributed by atoms with Crippen LogP contribution >= 0.6 is 0 Å². The van der Waals surface area contributed by atoms with Gasteiger partial charge in [-0.1, -0.05) is 0 Å². The average molecular weight is 375 g/mol. The third-order valence-corrected chi connectivity index (χ3v) is 4.47. The molecule has 8 N–H and O–H groups in total. The number of aliphatic hydroxyl groups is 7. The van der Waals surface area contributed by atoms with E-state index in [1.807, 2.05) is 0 Å². The summed E-state index contributed by atoms with van der Waals surface area (Å²) >= 11 is 0. The molecule has 0 aromatic heterocycles. The Hall–Kier alpha value is -0.540. The van der Waals surface area contributed by atoms with Crippen LogP contribution in [0.1, 0.15) is 12.8 Å². The lowest BCUT2D eigenvalue weighted by Crippen LogP contribution is -2.49. The van der Waals surface area contributed by atoms with Gasteiger partial charge in [-0.3, -0.25) is 4.55 Å². The standard InChI is InChI=1S/C12H22O11S/c13-3-6-5(1-7(15)10(6)18)2-8(16)12(23-24(20,21)22)11(19)9(17)4-14/h6-19H,1-4H2/p+1/t6-,7+,8+,9-,10+,11+,12+/m0/s1. The lowest BCUT2D eigenvalue weighted by Gasteiger charge is -2.27. The SMILES string of the molecule is O=S(=O)(O)O[C@@H]([C@H](O)[C@@H](O)CO)[C@H](O)C[C+]1C[C@@H](O)[C@H](O)[C@H]1CO. The first-order valence-electron chi connectivity index (χ1n) is 7.14. The molecule has 0 heterocycles. The van der Waals surface area contributed by atoms with E-state index >= 15 is 0 Å². The molecule has 1 aliphatic rings. The molecule has 1 saturated carbocycles. The average Bonchev–Trinajstić information content (AvgIpc) is 2.76. The second-order valence-corrected chi connectivity index (χ2v) is 6.76. The third kappa shape index (κ3) is 5.49. The van der Waals surface area contributed by atoms with Gasteiger partial charge in [0.05, 0.1) is 13.2 Å². The minimum atomic E-state index is -5.10. The first-order chi connectivity index (χ1) is 11.0. The van der Waals surface area contributed by atoms with E-state index in [1.54, 1.807) is 0 Å². The molecule has 0 aliphatic heterocycles. The molecule has 0 unspecified atom stereocenters. The highest BCUT2D eigenvalue weighted by Crippen LogP contribution is 2.38. The Kier molecular flexibility index (Phi) is 7.80. The van der Waals surface area contributed by atoms with Crippen molar-refractivity contribution in [3.05, 3.63) is 5.92 Å². The number of hydrogen-bond acceptors (Lipinski definition) is 10. The van der Waals surface area contributed by atoms with Crippen molar-refractivity contribution in [3.8, 4) is 0 Å². The van der Waals surface area contributed by atoms with E-state index in [9.17, 15) is 39.1 Å². The van der Waals surface area contributed by atoms with Crippen LogP contribution in [0.5, 0.6) is 0 Å². The summed E-state index contributed by atoms with van der Waals surface area (Å²) in [4.78, 5) is 0. The first-order valence-corrected chi connectivity index (χ1v) is 8.50. The first kappa shape index (κ1) is 21.5. The summed E-state index contributed by atoms with van der Waals surface area (Å²) in [5.41, 5.74) is 0. The van der Waals surface area contributed by atoms with Crippen LogP contribution in [0.4, 0.5) is 0 Å². The lowest BCUT2D eigenvalue weighted by atomic mass is 9.87. The third-order valence-electron chi connectivity index (χ3n) is 4.00. The number of rotatable bonds is 9. The van der Waals surface area contributed by atoms with Crippen molar-refractivity contribution >= 4 is 10.4 Å². The van der Waals surface area contributed by atoms with Crippen LogP contribution in [-0.2, 0) is 14.6 Å². The van der Waals surface area contributed by atoms with Gasteiger partial charge >= 0.3 is 10.4 Å². The predicted molar refractivity (Wildman–Crippen MR) is 76.6 cm³/mol. The second-order valence-electron chi connectivity index (χ2n) is 5.71. The van der Waals surface area contributed by atoms with Gasteiger partial charge in [-0.05, 0) is 0 Å². The maximum atomic E-state index is 10.9. The van der Waals surface area contributed by atoms with Gasteiger partial charge in [-0.25, -0.2) is 4.18 Å². The Bertz CT molecular complexity index is 483. The zero-order valence-corrected chi connectivity index (χ0v) is 13.4. The maximum Gasteiger partial charge on any atom is 0.397 e. The quantitative estimate of drug-likeness (QED) is 0.144. The Labute approximate surface area is 138 Å². The van der Waals surface area contributed by atoms with Gasteiger partial charge in [0.15, 0.2) is 5.92 Å². The van der Waals surface area contributed by atoms with E-state index < -0.39 is 72.6 Å². The van der Waals surface area contributed by atoms with E-state index in [-0.39, 0.29) is 6.42 Å². The molecule has 1 fully saturated rings. The Morgan fingerprint density at radius 2 is 1.71 bits per heavy atom. The number of hydrogen-bond donors (Lipinski definition) is 8. The highest BCUT2D eigenvalue weighted by Gasteiger charge is 2.52. The van der Waals surface area contributed by atoms with Crippen LogP contribution in [-0.4, -0.2) is 98.6 Å². The van der Waals surface area contributed by atoms with Gasteiger partial charge < -0.3 is 35.7 Å². The fraction of sp³-hybridized carbons (Fsp3) is 0.917. The summed E-state index contributed by atoms with van der Waals surface area (Å²) < 4.78 is 34.6. The van der Waals surface area contributed by atoms with Crippen molar-refractivity contribution in [3.63, 3.8) is 0 Å². The molecule has 0 aromatic rings. The zero-order valence-electron chi connectivity index (χ0n) is 12.6. The van der Waals surface area contributed by atoms with Gasteiger partial charge in [0, 0.05) is 0 Å². The summed E-state index contributed by atoms with van der Waals surface area (Å²) in [6.07, 6.45) is -10.7. The molecule has 0 radical (unpaired) electrons. The van der Waals surface area contributed by atoms with Crippen molar-refractivity contribution in [2.75, 3.05) is 13.2 Å². The smallest absolute Gasteiger partial charge is 0.394 e. The molecule has 7 atom stereocenters. The minimum absolute atomic E-state index is 0.0826. The highest BCUT2D eigenvalue weighted by molar-refractivity contribution is 7.80. The fourth-order valence-corrected chi connectivity index (χ4v) is 3.25. The molecule has 142 valence electrons. The molecule has 0 saturated heterocycles. The van der Waals surface area contributed by atoms with Crippen LogP contribution in [0.3, 0.4) is 0 Å². The fourth-order valence-electron chi connectivity index (χ4n) is 2.72. The molecular weight excluding hydrogens is 352 g/mol. The molecule has 0 bridgehead atoms. The molecular formula is C12H23O11S+. The number of aliphatic hydroxyl groups excluding tert-OH is 7. The van der Waals surface area contributed by atoms with E-state index in [2.05, 4.69) is 4.18 Å². The van der Waals surface area contributed by atoms with Gasteiger partial charge in [0.1, 0.15) is 55.4 Å². The van der Waals surface area contributed by atoms with Gasteiger partial charge in [0.25, 0.3) is 0 Å². The normalized spacial score (nSPS) is 30.2. The van der Waals surface area contributed by atoms with Gasteiger partial charge in [0.2, 0.25) is 0 Å². The van der Waals surface area contributed by atoms with Crippen LogP contribution in [0.2, 0.25) is 0 Å². The van der Waals surface area contributed by atoms with Crippen molar-refractivity contribution < 1.29 is 52.9 Å². The van der Waals surface area contributed by atoms with E-state index in [4.69, 9.17) is 9.66 Å². The Morgan fingerprint density at radius 3 is 2.17 bits per heavy atom. The molecule has 11 nitrogen and oxygen atoms in total. The summed E-state index contributed by atoms with van der Waals surface area (Å²) in [5.74, 6) is -0.583. The van der Waals surface area contributed by atoms with Crippen molar-refractivity contribution in [2.24, 2.45) is 5.92 Å². The second kappa shape index (κ2) is 8.71. The molecule has 1 rings (SSSR count). The molecule has 24 heavy (non-hydrogen) atoms. The zero-order chi connectivity index (χ0) is 18.7. The topological polar surface area (TPSA) is 205 Å². The summed E-state index contributed by atoms with van der Waals surface area (Å²) in [6.45, 7) is -1.50. The Morgan fingerprint density at radius 1 is 1.12 bits per heavy atom. The van der Waals surface area contributed by atoms with E-state index in [0.29, 0.717) is 5.92 Å². The predicted octanol–water partition coefficient (Wildman–Crippen LogP) is -4.05. The van der Waals surface area contributed by atoms with E-state index in [0.717, 1.165) is 0 Å². The summed E-state index contributed by atoms with van der Waals surface area (Å²) in [7, 11) is -5.10. The van der Waals surface area contributed by atoms with Gasteiger partial charge in [-0.15, -0.1) is 0 Å². The van der Waals surface area contributed by atoms with Crippen molar-refractivity contribution in [1.82, 2.24) is 0 Å². The minimum Gasteiger partial charge on any atom is -0.394 e. The molecule has 1 aliphatic carbocycles. The van der Waals surface area contributed by atoms with Crippen molar-refractivity contribution in [2.45, 2.75) is 49.5 Å². The highest BCUT2D eigenvalue weighted by atomic mass is 32.3. The largest absolute Gasteiger partial charge is 0.397 e. The maximum absolute atomic E-state index is 10.9. The van der Waals surface area contributed by atoms with Crippen LogP contribution in [0.15, 0.2) is 0 Å². The Balaban J connectivity index is 2.89.